The first-order chi connectivity index (χ1) is 11.6. The zero-order valence-corrected chi connectivity index (χ0v) is 13.9. The highest BCUT2D eigenvalue weighted by Gasteiger charge is 2.24. The molecule has 2 aromatic rings. The summed E-state index contributed by atoms with van der Waals surface area (Å²) in [5, 5.41) is 7.51. The van der Waals surface area contributed by atoms with Crippen molar-refractivity contribution in [2.24, 2.45) is 5.92 Å². The molecule has 1 amide bonds. The van der Waals surface area contributed by atoms with E-state index in [1.54, 1.807) is 13.3 Å². The number of carbonyl (C=O) groups excluding carboxylic acids is 1. The highest BCUT2D eigenvalue weighted by atomic mass is 16.6. The lowest BCUT2D eigenvalue weighted by molar-refractivity contribution is -0.131. The predicted molar refractivity (Wildman–Crippen MR) is 84.1 cm³/mol. The maximum Gasteiger partial charge on any atom is 0.228 e. The fourth-order valence-corrected chi connectivity index (χ4v) is 2.81. The van der Waals surface area contributed by atoms with Gasteiger partial charge in [0, 0.05) is 30.4 Å². The van der Waals surface area contributed by atoms with Crippen molar-refractivity contribution < 1.29 is 14.2 Å². The molecule has 1 atom stereocenters. The highest BCUT2D eigenvalue weighted by Crippen LogP contribution is 2.14. The molecule has 0 radical (unpaired) electrons. The smallest absolute Gasteiger partial charge is 0.228 e. The molecule has 0 saturated carbocycles. The molecule has 8 nitrogen and oxygen atoms in total. The second-order valence-electron chi connectivity index (χ2n) is 6.11. The third-order valence-electron chi connectivity index (χ3n) is 4.11. The van der Waals surface area contributed by atoms with Gasteiger partial charge < -0.3 is 9.64 Å². The maximum atomic E-state index is 12.6. The summed E-state index contributed by atoms with van der Waals surface area (Å²) in [7, 11) is 0. The highest BCUT2D eigenvalue weighted by molar-refractivity contribution is 5.78. The summed E-state index contributed by atoms with van der Waals surface area (Å²) in [6, 6.07) is 1.97. The van der Waals surface area contributed by atoms with Crippen molar-refractivity contribution >= 4 is 5.91 Å². The Balaban J connectivity index is 1.63. The number of aryl methyl sites for hydroxylation is 2. The Morgan fingerprint density at radius 1 is 1.33 bits per heavy atom. The average Bonchev–Trinajstić information content (AvgIpc) is 2.81. The van der Waals surface area contributed by atoms with E-state index in [9.17, 15) is 4.79 Å². The Kier molecular flexibility index (Phi) is 5.14. The molecule has 0 N–H and O–H groups in total. The molecule has 0 aromatic carbocycles. The van der Waals surface area contributed by atoms with Crippen molar-refractivity contribution in [2.75, 3.05) is 26.3 Å². The number of ether oxygens (including phenoxy) is 1. The van der Waals surface area contributed by atoms with Gasteiger partial charge >= 0.3 is 0 Å². The molecular formula is C16H21N5O3. The minimum atomic E-state index is 0.0168. The molecule has 0 bridgehead atoms. The molecule has 1 saturated heterocycles. The minimum absolute atomic E-state index is 0.0168. The van der Waals surface area contributed by atoms with Crippen molar-refractivity contribution in [2.45, 2.75) is 26.7 Å². The maximum absolute atomic E-state index is 12.6. The molecule has 2 aromatic heterocycles. The van der Waals surface area contributed by atoms with E-state index in [2.05, 4.69) is 24.9 Å². The van der Waals surface area contributed by atoms with Crippen LogP contribution in [-0.4, -0.2) is 57.4 Å². The standard InChI is InChI=1S/C16H21N5O3/c1-11-5-14(18-10-17-11)6-13-8-21(3-4-23-9-13)16(22)7-15-12(2)19-24-20-15/h5,10,13H,3-4,6-9H2,1-2H3. The van der Waals surface area contributed by atoms with E-state index in [-0.39, 0.29) is 18.2 Å². The molecule has 3 heterocycles. The number of rotatable bonds is 4. The number of hydrogen-bond acceptors (Lipinski definition) is 7. The molecule has 1 aliphatic heterocycles. The zero-order valence-electron chi connectivity index (χ0n) is 13.9. The Labute approximate surface area is 140 Å². The van der Waals surface area contributed by atoms with Crippen LogP contribution in [-0.2, 0) is 22.4 Å². The largest absolute Gasteiger partial charge is 0.379 e. The van der Waals surface area contributed by atoms with Gasteiger partial charge in [0.15, 0.2) is 0 Å². The summed E-state index contributed by atoms with van der Waals surface area (Å²) in [6.45, 7) is 6.12. The average molecular weight is 331 g/mol. The topological polar surface area (TPSA) is 94.2 Å². The van der Waals surface area contributed by atoms with Gasteiger partial charge in [-0.2, -0.15) is 0 Å². The van der Waals surface area contributed by atoms with Crippen LogP contribution in [0.1, 0.15) is 22.8 Å². The normalized spacial score (nSPS) is 18.4. The van der Waals surface area contributed by atoms with Gasteiger partial charge in [0.2, 0.25) is 5.91 Å². The molecule has 3 rings (SSSR count). The quantitative estimate of drug-likeness (QED) is 0.815. The van der Waals surface area contributed by atoms with Crippen LogP contribution in [0.5, 0.6) is 0 Å². The molecule has 8 heteroatoms. The van der Waals surface area contributed by atoms with Crippen LogP contribution in [0.4, 0.5) is 0 Å². The van der Waals surface area contributed by atoms with Gasteiger partial charge in [-0.3, -0.25) is 4.79 Å². The van der Waals surface area contributed by atoms with Crippen LogP contribution in [0, 0.1) is 19.8 Å². The third-order valence-corrected chi connectivity index (χ3v) is 4.11. The van der Waals surface area contributed by atoms with Crippen LogP contribution >= 0.6 is 0 Å². The second-order valence-corrected chi connectivity index (χ2v) is 6.11. The van der Waals surface area contributed by atoms with E-state index < -0.39 is 0 Å². The van der Waals surface area contributed by atoms with E-state index in [1.807, 2.05) is 17.9 Å². The summed E-state index contributed by atoms with van der Waals surface area (Å²) >= 11 is 0. The molecule has 1 unspecified atom stereocenters. The van der Waals surface area contributed by atoms with Gasteiger partial charge in [-0.1, -0.05) is 10.3 Å². The summed E-state index contributed by atoms with van der Waals surface area (Å²) < 4.78 is 10.3. The molecule has 0 spiro atoms. The Morgan fingerprint density at radius 2 is 2.21 bits per heavy atom. The van der Waals surface area contributed by atoms with Crippen molar-refractivity contribution in [3.63, 3.8) is 0 Å². The van der Waals surface area contributed by atoms with Crippen LogP contribution in [0.3, 0.4) is 0 Å². The van der Waals surface area contributed by atoms with Gasteiger partial charge in [0.05, 0.1) is 19.6 Å². The SMILES string of the molecule is Cc1cc(CC2COCCN(C(=O)Cc3nonc3C)C2)ncn1. The van der Waals surface area contributed by atoms with Crippen LogP contribution in [0.15, 0.2) is 17.0 Å². The fourth-order valence-electron chi connectivity index (χ4n) is 2.81. The number of carbonyl (C=O) groups is 1. The van der Waals surface area contributed by atoms with Crippen molar-refractivity contribution in [1.82, 2.24) is 25.2 Å². The molecule has 24 heavy (non-hydrogen) atoms. The summed E-state index contributed by atoms with van der Waals surface area (Å²) in [6.07, 6.45) is 2.54. The van der Waals surface area contributed by atoms with Gasteiger partial charge in [0.25, 0.3) is 0 Å². The van der Waals surface area contributed by atoms with Crippen molar-refractivity contribution in [3.05, 3.63) is 35.2 Å². The Bertz CT molecular complexity index is 703. The van der Waals surface area contributed by atoms with Gasteiger partial charge in [-0.25, -0.2) is 14.6 Å². The molecule has 0 aliphatic carbocycles. The second kappa shape index (κ2) is 7.48. The summed E-state index contributed by atoms with van der Waals surface area (Å²) in [5.41, 5.74) is 3.16. The number of aromatic nitrogens is 4. The minimum Gasteiger partial charge on any atom is -0.379 e. The molecule has 128 valence electrons. The van der Waals surface area contributed by atoms with Gasteiger partial charge in [-0.05, 0) is 26.3 Å². The van der Waals surface area contributed by atoms with Crippen LogP contribution in [0.2, 0.25) is 0 Å². The predicted octanol–water partition coefficient (Wildman–Crippen LogP) is 0.737. The summed E-state index contributed by atoms with van der Waals surface area (Å²) in [4.78, 5) is 22.8. The number of hydrogen-bond donors (Lipinski definition) is 0. The molecule has 1 aliphatic rings. The first-order valence-electron chi connectivity index (χ1n) is 8.03. The zero-order chi connectivity index (χ0) is 16.9. The van der Waals surface area contributed by atoms with E-state index in [4.69, 9.17) is 4.74 Å². The van der Waals surface area contributed by atoms with Crippen LogP contribution < -0.4 is 0 Å². The van der Waals surface area contributed by atoms with Crippen LogP contribution in [0.25, 0.3) is 0 Å². The molecule has 1 fully saturated rings. The van der Waals surface area contributed by atoms with Crippen molar-refractivity contribution in [1.29, 1.82) is 0 Å². The van der Waals surface area contributed by atoms with E-state index in [0.29, 0.717) is 37.7 Å². The lowest BCUT2D eigenvalue weighted by Gasteiger charge is -2.23. The lowest BCUT2D eigenvalue weighted by atomic mass is 10.0. The summed E-state index contributed by atoms with van der Waals surface area (Å²) in [5.74, 6) is 0.227. The Morgan fingerprint density at radius 3 is 2.96 bits per heavy atom. The van der Waals surface area contributed by atoms with Crippen molar-refractivity contribution in [3.8, 4) is 0 Å². The van der Waals surface area contributed by atoms with E-state index >= 15 is 0 Å². The lowest BCUT2D eigenvalue weighted by Crippen LogP contribution is -2.37. The first kappa shape index (κ1) is 16.5. The third kappa shape index (κ3) is 4.14. The number of nitrogens with zero attached hydrogens (tertiary/aromatic N) is 5. The number of amides is 1. The first-order valence-corrected chi connectivity index (χ1v) is 8.03. The van der Waals surface area contributed by atoms with Gasteiger partial charge in [-0.15, -0.1) is 0 Å². The fraction of sp³-hybridized carbons (Fsp3) is 0.562. The van der Waals surface area contributed by atoms with E-state index in [0.717, 1.165) is 17.8 Å². The molecular weight excluding hydrogens is 310 g/mol. The van der Waals surface area contributed by atoms with E-state index in [1.165, 1.54) is 0 Å². The van der Waals surface area contributed by atoms with Gasteiger partial charge in [0.1, 0.15) is 17.7 Å². The monoisotopic (exact) mass is 331 g/mol. The Hall–Kier alpha value is -2.35.